The zero-order valence-electron chi connectivity index (χ0n) is 40.0. The van der Waals surface area contributed by atoms with Crippen LogP contribution in [0.1, 0.15) is 239 Å². The summed E-state index contributed by atoms with van der Waals surface area (Å²) in [5, 5.41) is 23.8. The van der Waals surface area contributed by atoms with Crippen LogP contribution < -0.4 is 5.32 Å². The number of ether oxygens (including phenoxy) is 1. The van der Waals surface area contributed by atoms with Gasteiger partial charge in [0.1, 0.15) is 6.10 Å². The zero-order chi connectivity index (χ0) is 44.5. The second-order valence-corrected chi connectivity index (χ2v) is 17.3. The predicted octanol–water partition coefficient (Wildman–Crippen LogP) is 15.4. The lowest BCUT2D eigenvalue weighted by molar-refractivity contribution is -0.151. The molecule has 3 N–H and O–H groups in total. The van der Waals surface area contributed by atoms with Crippen LogP contribution in [-0.2, 0) is 14.3 Å². The first kappa shape index (κ1) is 58.3. The van der Waals surface area contributed by atoms with Crippen LogP contribution in [0.15, 0.2) is 72.9 Å². The van der Waals surface area contributed by atoms with E-state index in [0.717, 1.165) is 89.9 Å². The third-order valence-corrected chi connectivity index (χ3v) is 11.4. The largest absolute Gasteiger partial charge is 0.462 e. The van der Waals surface area contributed by atoms with Crippen molar-refractivity contribution in [3.05, 3.63) is 72.9 Å². The molecule has 0 aliphatic rings. The van der Waals surface area contributed by atoms with E-state index in [2.05, 4.69) is 74.7 Å². The molecule has 61 heavy (non-hydrogen) atoms. The lowest BCUT2D eigenvalue weighted by Crippen LogP contribution is -2.46. The molecule has 6 heteroatoms. The molecule has 6 nitrogen and oxygen atoms in total. The van der Waals surface area contributed by atoms with Crippen molar-refractivity contribution in [2.45, 2.75) is 257 Å². The van der Waals surface area contributed by atoms with E-state index in [0.29, 0.717) is 19.3 Å². The number of carbonyl (C=O) groups excluding carboxylic acids is 2. The normalized spacial score (nSPS) is 13.9. The first-order chi connectivity index (χ1) is 30.0. The molecular formula is C55H97NO5. The van der Waals surface area contributed by atoms with Crippen molar-refractivity contribution in [2.75, 3.05) is 6.61 Å². The monoisotopic (exact) mass is 852 g/mol. The third-order valence-electron chi connectivity index (χ3n) is 11.4. The molecule has 0 aromatic rings. The topological polar surface area (TPSA) is 95.9 Å². The minimum atomic E-state index is -0.801. The Bertz CT molecular complexity index is 1140. The second kappa shape index (κ2) is 48.3. The Kier molecular flexibility index (Phi) is 46.2. The lowest BCUT2D eigenvalue weighted by Gasteiger charge is -2.24. The van der Waals surface area contributed by atoms with Gasteiger partial charge in [0.25, 0.3) is 0 Å². The van der Waals surface area contributed by atoms with Gasteiger partial charge in [-0.05, 0) is 77.0 Å². The predicted molar refractivity (Wildman–Crippen MR) is 264 cm³/mol. The molecule has 3 unspecified atom stereocenters. The summed E-state index contributed by atoms with van der Waals surface area (Å²) < 4.78 is 5.91. The molecule has 3 atom stereocenters. The summed E-state index contributed by atoms with van der Waals surface area (Å²) in [7, 11) is 0. The number of nitrogens with one attached hydrogen (secondary N) is 1. The van der Waals surface area contributed by atoms with Gasteiger partial charge >= 0.3 is 5.97 Å². The molecule has 0 aliphatic heterocycles. The summed E-state index contributed by atoms with van der Waals surface area (Å²) in [5.41, 5.74) is 0. The summed E-state index contributed by atoms with van der Waals surface area (Å²) in [6.45, 7) is 6.31. The Labute approximate surface area is 377 Å². The van der Waals surface area contributed by atoms with Gasteiger partial charge in [-0.2, -0.15) is 0 Å². The zero-order valence-corrected chi connectivity index (χ0v) is 40.0. The maximum absolute atomic E-state index is 13.2. The summed E-state index contributed by atoms with van der Waals surface area (Å²) in [6, 6.07) is -0.717. The molecule has 0 aromatic carbocycles. The number of aliphatic hydroxyl groups is 2. The molecule has 0 radical (unpaired) electrons. The number of esters is 1. The lowest BCUT2D eigenvalue weighted by atomic mass is 10.0. The Morgan fingerprint density at radius 1 is 0.508 bits per heavy atom. The first-order valence-electron chi connectivity index (χ1n) is 25.7. The van der Waals surface area contributed by atoms with Gasteiger partial charge in [0.2, 0.25) is 5.91 Å². The molecule has 0 fully saturated rings. The maximum Gasteiger partial charge on any atom is 0.306 e. The van der Waals surface area contributed by atoms with Crippen LogP contribution in [0.4, 0.5) is 0 Å². The highest BCUT2D eigenvalue weighted by Gasteiger charge is 2.24. The highest BCUT2D eigenvalue weighted by atomic mass is 16.5. The number of amides is 1. The van der Waals surface area contributed by atoms with E-state index < -0.39 is 18.2 Å². The molecule has 0 spiro atoms. The molecule has 0 heterocycles. The molecule has 1 amide bonds. The van der Waals surface area contributed by atoms with E-state index in [4.69, 9.17) is 4.74 Å². The van der Waals surface area contributed by atoms with Gasteiger partial charge < -0.3 is 20.3 Å². The number of allylic oxidation sites excluding steroid dienone is 12. The van der Waals surface area contributed by atoms with Crippen molar-refractivity contribution in [3.63, 3.8) is 0 Å². The Morgan fingerprint density at radius 2 is 0.951 bits per heavy atom. The third kappa shape index (κ3) is 43.7. The Morgan fingerprint density at radius 3 is 1.51 bits per heavy atom. The van der Waals surface area contributed by atoms with Crippen LogP contribution in [0.3, 0.4) is 0 Å². The molecule has 0 bridgehead atoms. The van der Waals surface area contributed by atoms with E-state index in [1.165, 1.54) is 103 Å². The van der Waals surface area contributed by atoms with Gasteiger partial charge in [0, 0.05) is 6.42 Å². The highest BCUT2D eigenvalue weighted by Crippen LogP contribution is 2.17. The maximum atomic E-state index is 13.2. The number of rotatable bonds is 45. The van der Waals surface area contributed by atoms with E-state index in [1.54, 1.807) is 0 Å². The fraction of sp³-hybridized carbons (Fsp3) is 0.745. The average molecular weight is 852 g/mol. The van der Waals surface area contributed by atoms with Gasteiger partial charge in [-0.25, -0.2) is 0 Å². The van der Waals surface area contributed by atoms with E-state index in [1.807, 2.05) is 24.3 Å². The van der Waals surface area contributed by atoms with Crippen molar-refractivity contribution in [1.29, 1.82) is 0 Å². The molecule has 0 rings (SSSR count). The van der Waals surface area contributed by atoms with Crippen LogP contribution in [0.25, 0.3) is 0 Å². The van der Waals surface area contributed by atoms with Crippen molar-refractivity contribution in [2.24, 2.45) is 0 Å². The average Bonchev–Trinajstić information content (AvgIpc) is 3.25. The number of hydrogen-bond donors (Lipinski definition) is 3. The van der Waals surface area contributed by atoms with Crippen LogP contribution in [0.2, 0.25) is 0 Å². The highest BCUT2D eigenvalue weighted by molar-refractivity contribution is 5.77. The van der Waals surface area contributed by atoms with Gasteiger partial charge in [0.15, 0.2) is 0 Å². The summed E-state index contributed by atoms with van der Waals surface area (Å²) >= 11 is 0. The second-order valence-electron chi connectivity index (χ2n) is 17.3. The Hall–Kier alpha value is -2.70. The number of carbonyl (C=O) groups is 2. The van der Waals surface area contributed by atoms with Gasteiger partial charge in [0.05, 0.1) is 25.2 Å². The molecule has 352 valence electrons. The van der Waals surface area contributed by atoms with Crippen molar-refractivity contribution >= 4 is 11.9 Å². The molecule has 0 aliphatic carbocycles. The van der Waals surface area contributed by atoms with Crippen LogP contribution in [-0.4, -0.2) is 46.9 Å². The number of aliphatic hydroxyl groups excluding tert-OH is 2. The Balaban J connectivity index is 4.66. The quantitative estimate of drug-likeness (QED) is 0.0245. The molecule has 0 aromatic heterocycles. The molecular weight excluding hydrogens is 755 g/mol. The van der Waals surface area contributed by atoms with Crippen LogP contribution >= 0.6 is 0 Å². The summed E-state index contributed by atoms with van der Waals surface area (Å²) in [4.78, 5) is 26.1. The van der Waals surface area contributed by atoms with Crippen molar-refractivity contribution < 1.29 is 24.5 Å². The standard InChI is InChI=1S/C55H97NO5/c1-4-7-10-13-16-19-22-25-27-29-31-34-37-40-43-46-51(61-55(60)48-45-42-39-36-33-28-24-21-18-15-12-9-6-3)49-54(59)56-52(50-57)53(58)47-44-41-38-35-32-30-26-23-20-17-14-11-8-5-2/h9,12,15-16,18-19,21,24-25,27-28,33,51-53,57-58H,4-8,10-11,13-14,17,20,22-23,26,29-32,34-50H2,1-3H3,(H,56,59)/b12-9+,18-15+,19-16-,24-21-,27-25-,33-28-. The van der Waals surface area contributed by atoms with E-state index in [-0.39, 0.29) is 24.9 Å². The van der Waals surface area contributed by atoms with Gasteiger partial charge in [-0.3, -0.25) is 9.59 Å². The van der Waals surface area contributed by atoms with Crippen molar-refractivity contribution in [1.82, 2.24) is 5.32 Å². The van der Waals surface area contributed by atoms with E-state index in [9.17, 15) is 19.8 Å². The molecule has 0 saturated carbocycles. The number of hydrogen-bond acceptors (Lipinski definition) is 5. The van der Waals surface area contributed by atoms with Crippen LogP contribution in [0, 0.1) is 0 Å². The SMILES string of the molecule is CC/C=C/C=C/C=C\C=C/CCCCCC(=O)OC(CCCCCCC/C=C\C/C=C\CCCCC)CC(=O)NC(CO)C(O)CCCCCCCCCCCCCCCC. The summed E-state index contributed by atoms with van der Waals surface area (Å²) in [6.07, 6.45) is 61.0. The van der Waals surface area contributed by atoms with Gasteiger partial charge in [-0.15, -0.1) is 0 Å². The smallest absolute Gasteiger partial charge is 0.306 e. The fourth-order valence-corrected chi connectivity index (χ4v) is 7.47. The number of unbranched alkanes of at least 4 members (excludes halogenated alkanes) is 24. The van der Waals surface area contributed by atoms with Crippen molar-refractivity contribution in [3.8, 4) is 0 Å². The van der Waals surface area contributed by atoms with E-state index >= 15 is 0 Å². The molecule has 0 saturated heterocycles. The minimum Gasteiger partial charge on any atom is -0.462 e. The van der Waals surface area contributed by atoms with Gasteiger partial charge in [-0.1, -0.05) is 222 Å². The summed E-state index contributed by atoms with van der Waals surface area (Å²) in [5.74, 6) is -0.535. The fourth-order valence-electron chi connectivity index (χ4n) is 7.47. The van der Waals surface area contributed by atoms with Crippen LogP contribution in [0.5, 0.6) is 0 Å². The minimum absolute atomic E-state index is 0.0497. The first-order valence-corrected chi connectivity index (χ1v) is 25.7.